The lowest BCUT2D eigenvalue weighted by atomic mass is 10.2. The van der Waals surface area contributed by atoms with Crippen LogP contribution in [-0.4, -0.2) is 28.4 Å². The summed E-state index contributed by atoms with van der Waals surface area (Å²) in [5, 5.41) is 9.99. The van der Waals surface area contributed by atoms with E-state index in [0.717, 1.165) is 47.7 Å². The molecule has 3 aromatic rings. The highest BCUT2D eigenvalue weighted by molar-refractivity contribution is 5.75. The second-order valence-electron chi connectivity index (χ2n) is 6.02. The van der Waals surface area contributed by atoms with E-state index in [9.17, 15) is 5.11 Å². The van der Waals surface area contributed by atoms with E-state index in [4.69, 9.17) is 9.47 Å². The topological polar surface area (TPSA) is 56.5 Å². The summed E-state index contributed by atoms with van der Waals surface area (Å²) in [6.07, 6.45) is 1.29. The zero-order chi connectivity index (χ0) is 17.6. The van der Waals surface area contributed by atoms with Crippen LogP contribution in [0.1, 0.15) is 31.7 Å². The van der Waals surface area contributed by atoms with Crippen LogP contribution in [0.25, 0.3) is 11.0 Å². The molecule has 25 heavy (non-hydrogen) atoms. The third-order valence-electron chi connectivity index (χ3n) is 4.14. The summed E-state index contributed by atoms with van der Waals surface area (Å²) >= 11 is 0. The monoisotopic (exact) mass is 340 g/mol. The largest absolute Gasteiger partial charge is 0.497 e. The number of imidazole rings is 1. The van der Waals surface area contributed by atoms with E-state index in [1.165, 1.54) is 0 Å². The van der Waals surface area contributed by atoms with Gasteiger partial charge in [0.05, 0.1) is 24.8 Å². The molecule has 132 valence electrons. The number of aryl methyl sites for hydroxylation is 1. The zero-order valence-corrected chi connectivity index (χ0v) is 14.7. The first-order valence-corrected chi connectivity index (χ1v) is 8.59. The van der Waals surface area contributed by atoms with Crippen LogP contribution in [0, 0.1) is 0 Å². The lowest BCUT2D eigenvalue weighted by molar-refractivity contribution is 0.184. The van der Waals surface area contributed by atoms with Crippen molar-refractivity contribution >= 4 is 11.0 Å². The van der Waals surface area contributed by atoms with Crippen LogP contribution >= 0.6 is 0 Å². The van der Waals surface area contributed by atoms with Crippen LogP contribution < -0.4 is 9.47 Å². The Morgan fingerprint density at radius 1 is 1.08 bits per heavy atom. The summed E-state index contributed by atoms with van der Waals surface area (Å²) < 4.78 is 13.1. The van der Waals surface area contributed by atoms with Crippen LogP contribution in [0.5, 0.6) is 11.5 Å². The number of rotatable bonds is 8. The Morgan fingerprint density at radius 2 is 1.88 bits per heavy atom. The fourth-order valence-electron chi connectivity index (χ4n) is 2.90. The van der Waals surface area contributed by atoms with Gasteiger partial charge in [0.25, 0.3) is 0 Å². The Labute approximate surface area is 147 Å². The van der Waals surface area contributed by atoms with Crippen molar-refractivity contribution in [1.82, 2.24) is 9.55 Å². The quantitative estimate of drug-likeness (QED) is 0.631. The van der Waals surface area contributed by atoms with Crippen LogP contribution in [0.4, 0.5) is 0 Å². The van der Waals surface area contributed by atoms with Gasteiger partial charge in [-0.25, -0.2) is 4.98 Å². The number of hydrogen-bond donors (Lipinski definition) is 1. The molecule has 0 aliphatic carbocycles. The molecule has 1 atom stereocenters. The van der Waals surface area contributed by atoms with E-state index in [2.05, 4.69) is 9.55 Å². The summed E-state index contributed by atoms with van der Waals surface area (Å²) in [6.45, 7) is 3.20. The molecule has 0 amide bonds. The second-order valence-corrected chi connectivity index (χ2v) is 6.02. The van der Waals surface area contributed by atoms with E-state index >= 15 is 0 Å². The molecule has 0 aliphatic rings. The van der Waals surface area contributed by atoms with Gasteiger partial charge in [0.2, 0.25) is 0 Å². The molecule has 2 aromatic carbocycles. The minimum atomic E-state index is -0.583. The van der Waals surface area contributed by atoms with E-state index < -0.39 is 6.10 Å². The molecule has 1 N–H and O–H groups in total. The molecule has 1 heterocycles. The molecule has 0 aliphatic heterocycles. The SMILES string of the molecule is COc1cccc(OCCCCn2c(C(C)O)nc3ccccc32)c1. The molecule has 1 unspecified atom stereocenters. The predicted octanol–water partition coefficient (Wildman–Crippen LogP) is 3.96. The van der Waals surface area contributed by atoms with Gasteiger partial charge in [0, 0.05) is 12.6 Å². The third-order valence-corrected chi connectivity index (χ3v) is 4.14. The summed E-state index contributed by atoms with van der Waals surface area (Å²) in [5.74, 6) is 2.33. The molecular weight excluding hydrogens is 316 g/mol. The number of aliphatic hydroxyl groups excluding tert-OH is 1. The highest BCUT2D eigenvalue weighted by Gasteiger charge is 2.13. The van der Waals surface area contributed by atoms with E-state index in [1.807, 2.05) is 48.5 Å². The van der Waals surface area contributed by atoms with Gasteiger partial charge in [-0.2, -0.15) is 0 Å². The van der Waals surface area contributed by atoms with Crippen LogP contribution in [0.15, 0.2) is 48.5 Å². The van der Waals surface area contributed by atoms with Crippen LogP contribution in [0.2, 0.25) is 0 Å². The van der Waals surface area contributed by atoms with Gasteiger partial charge < -0.3 is 19.1 Å². The molecule has 1 aromatic heterocycles. The molecule has 0 saturated heterocycles. The maximum atomic E-state index is 9.99. The van der Waals surface area contributed by atoms with Crippen LogP contribution in [-0.2, 0) is 6.54 Å². The fraction of sp³-hybridized carbons (Fsp3) is 0.350. The average Bonchev–Trinajstić information content (AvgIpc) is 3.01. The zero-order valence-electron chi connectivity index (χ0n) is 14.7. The van der Waals surface area contributed by atoms with Crippen molar-refractivity contribution in [2.75, 3.05) is 13.7 Å². The Morgan fingerprint density at radius 3 is 2.68 bits per heavy atom. The van der Waals surface area contributed by atoms with Crippen molar-refractivity contribution in [3.8, 4) is 11.5 Å². The lowest BCUT2D eigenvalue weighted by Crippen LogP contribution is -2.08. The smallest absolute Gasteiger partial charge is 0.138 e. The molecule has 5 nitrogen and oxygen atoms in total. The Bertz CT molecular complexity index is 827. The maximum absolute atomic E-state index is 9.99. The number of unbranched alkanes of at least 4 members (excludes halogenated alkanes) is 1. The van der Waals surface area contributed by atoms with Crippen molar-refractivity contribution in [3.63, 3.8) is 0 Å². The summed E-state index contributed by atoms with van der Waals surface area (Å²) in [6, 6.07) is 15.6. The van der Waals surface area contributed by atoms with Crippen molar-refractivity contribution < 1.29 is 14.6 Å². The summed E-state index contributed by atoms with van der Waals surface area (Å²) in [4.78, 5) is 4.55. The van der Waals surface area contributed by atoms with Crippen molar-refractivity contribution in [2.24, 2.45) is 0 Å². The Hall–Kier alpha value is -2.53. The molecular formula is C20H24N2O3. The van der Waals surface area contributed by atoms with Gasteiger partial charge >= 0.3 is 0 Å². The van der Waals surface area contributed by atoms with Gasteiger partial charge in [-0.05, 0) is 44.0 Å². The third kappa shape index (κ3) is 4.12. The number of hydrogen-bond acceptors (Lipinski definition) is 4. The number of fused-ring (bicyclic) bond motifs is 1. The molecule has 0 radical (unpaired) electrons. The highest BCUT2D eigenvalue weighted by atomic mass is 16.5. The first-order valence-electron chi connectivity index (χ1n) is 8.59. The maximum Gasteiger partial charge on any atom is 0.138 e. The van der Waals surface area contributed by atoms with E-state index in [1.54, 1.807) is 14.0 Å². The first-order chi connectivity index (χ1) is 12.2. The second kappa shape index (κ2) is 8.03. The van der Waals surface area contributed by atoms with E-state index in [0.29, 0.717) is 6.61 Å². The number of aliphatic hydroxyl groups is 1. The minimum Gasteiger partial charge on any atom is -0.497 e. The Kier molecular flexibility index (Phi) is 5.56. The van der Waals surface area contributed by atoms with Gasteiger partial charge in [-0.15, -0.1) is 0 Å². The lowest BCUT2D eigenvalue weighted by Gasteiger charge is -2.11. The fourth-order valence-corrected chi connectivity index (χ4v) is 2.90. The summed E-state index contributed by atoms with van der Waals surface area (Å²) in [7, 11) is 1.65. The molecule has 0 spiro atoms. The normalized spacial score (nSPS) is 12.3. The van der Waals surface area contributed by atoms with Crippen LogP contribution in [0.3, 0.4) is 0 Å². The number of para-hydroxylation sites is 2. The number of nitrogens with zero attached hydrogens (tertiary/aromatic N) is 2. The number of methoxy groups -OCH3 is 1. The summed E-state index contributed by atoms with van der Waals surface area (Å²) in [5.41, 5.74) is 1.98. The van der Waals surface area contributed by atoms with E-state index in [-0.39, 0.29) is 0 Å². The molecule has 0 fully saturated rings. The predicted molar refractivity (Wildman–Crippen MR) is 98.1 cm³/mol. The van der Waals surface area contributed by atoms with Gasteiger partial charge in [-0.1, -0.05) is 18.2 Å². The highest BCUT2D eigenvalue weighted by Crippen LogP contribution is 2.22. The minimum absolute atomic E-state index is 0.583. The van der Waals surface area contributed by atoms with Crippen molar-refractivity contribution in [3.05, 3.63) is 54.4 Å². The molecule has 0 saturated carbocycles. The standard InChI is InChI=1S/C20H24N2O3/c1-15(23)20-21-18-10-3-4-11-19(18)22(20)12-5-6-13-25-17-9-7-8-16(14-17)24-2/h3-4,7-11,14-15,23H,5-6,12-13H2,1-2H3. The van der Waals surface area contributed by atoms with Gasteiger partial charge in [0.1, 0.15) is 23.4 Å². The van der Waals surface area contributed by atoms with Crippen molar-refractivity contribution in [2.45, 2.75) is 32.4 Å². The number of aromatic nitrogens is 2. The number of benzene rings is 2. The van der Waals surface area contributed by atoms with Gasteiger partial charge in [0.15, 0.2) is 0 Å². The molecule has 0 bridgehead atoms. The first kappa shape index (κ1) is 17.3. The Balaban J connectivity index is 1.57. The molecule has 3 rings (SSSR count). The van der Waals surface area contributed by atoms with Gasteiger partial charge in [-0.3, -0.25) is 0 Å². The molecule has 5 heteroatoms. The van der Waals surface area contributed by atoms with Crippen molar-refractivity contribution in [1.29, 1.82) is 0 Å². The number of ether oxygens (including phenoxy) is 2. The average molecular weight is 340 g/mol.